The fourth-order valence-corrected chi connectivity index (χ4v) is 5.76. The number of nitro groups is 2. The van der Waals surface area contributed by atoms with E-state index in [0.29, 0.717) is 0 Å². The molecule has 0 amide bonds. The van der Waals surface area contributed by atoms with Crippen molar-refractivity contribution < 1.29 is 9.85 Å². The van der Waals surface area contributed by atoms with Crippen LogP contribution in [0, 0.1) is 20.2 Å². The smallest absolute Gasteiger partial charge is 0.269 e. The Labute approximate surface area is 194 Å². The third-order valence-electron chi connectivity index (χ3n) is 6.39. The zero-order chi connectivity index (χ0) is 23.8. The molecule has 2 atom stereocenters. The molecule has 0 bridgehead atoms. The zero-order valence-electron chi connectivity index (χ0n) is 19.0. The maximum absolute atomic E-state index is 11.1. The summed E-state index contributed by atoms with van der Waals surface area (Å²) >= 11 is 0. The molecule has 1 fully saturated rings. The Bertz CT molecular complexity index is 1090. The molecule has 3 aromatic carbocycles. The van der Waals surface area contributed by atoms with E-state index in [9.17, 15) is 20.2 Å². The summed E-state index contributed by atoms with van der Waals surface area (Å²) in [5, 5.41) is 23.6. The van der Waals surface area contributed by atoms with Gasteiger partial charge in [-0.15, -0.1) is 0 Å². The third-order valence-corrected chi connectivity index (χ3v) is 8.46. The highest BCUT2D eigenvalue weighted by Gasteiger charge is 2.36. The van der Waals surface area contributed by atoms with Gasteiger partial charge in [-0.3, -0.25) is 20.2 Å². The van der Waals surface area contributed by atoms with Gasteiger partial charge in [-0.05, 0) is 36.1 Å². The quantitative estimate of drug-likeness (QED) is 0.250. The molecule has 4 rings (SSSR count). The number of anilines is 1. The summed E-state index contributed by atoms with van der Waals surface area (Å²) in [6, 6.07) is 22.4. The fourth-order valence-electron chi connectivity index (χ4n) is 4.60. The molecule has 0 radical (unpaired) electrons. The topological polar surface area (TPSA) is 89.5 Å². The fraction of sp³-hybridized carbons (Fsp3) is 0.280. The Kier molecular flexibility index (Phi) is 6.03. The molecule has 1 aliphatic heterocycles. The summed E-state index contributed by atoms with van der Waals surface area (Å²) in [6.45, 7) is 6.95. The van der Waals surface area contributed by atoms with Crippen LogP contribution in [0.25, 0.3) is 0 Å². The number of hydrogen-bond acceptors (Lipinski definition) is 5. The summed E-state index contributed by atoms with van der Waals surface area (Å²) in [4.78, 5) is 23.8. The molecular weight excluding hydrogens is 434 g/mol. The van der Waals surface area contributed by atoms with Gasteiger partial charge in [-0.25, -0.2) is 0 Å². The van der Waals surface area contributed by atoms with Crippen molar-refractivity contribution in [2.24, 2.45) is 0 Å². The number of benzene rings is 3. The summed E-state index contributed by atoms with van der Waals surface area (Å²) in [5.41, 5.74) is 3.30. The Morgan fingerprint density at radius 2 is 1.09 bits per heavy atom. The molecule has 7 nitrogen and oxygen atoms in total. The first-order valence-corrected chi connectivity index (χ1v) is 14.5. The second-order valence-electron chi connectivity index (χ2n) is 9.51. The molecule has 0 unspecified atom stereocenters. The van der Waals surface area contributed by atoms with E-state index < -0.39 is 8.07 Å². The maximum atomic E-state index is 11.1. The van der Waals surface area contributed by atoms with Crippen molar-refractivity contribution in [1.82, 2.24) is 0 Å². The Hall–Kier alpha value is -3.52. The van der Waals surface area contributed by atoms with Crippen molar-refractivity contribution in [3.8, 4) is 0 Å². The lowest BCUT2D eigenvalue weighted by atomic mass is 10.0. The van der Waals surface area contributed by atoms with Gasteiger partial charge in [0.2, 0.25) is 0 Å². The third kappa shape index (κ3) is 4.66. The van der Waals surface area contributed by atoms with Crippen molar-refractivity contribution in [3.05, 3.63) is 104 Å². The monoisotopic (exact) mass is 461 g/mol. The standard InChI is InChI=1S/C25H27N3O4Si/c1-33(2,3)23-14-12-20(13-15-23)26-24(18-4-8-21(9-5-18)27(29)30)16-17-25(26)19-6-10-22(11-7-19)28(31)32/h4-15,24-25H,16-17H2,1-3H3/t24-,25-/m0/s1. The highest BCUT2D eigenvalue weighted by Crippen LogP contribution is 2.47. The van der Waals surface area contributed by atoms with Crippen molar-refractivity contribution in [1.29, 1.82) is 0 Å². The molecule has 0 N–H and O–H groups in total. The Morgan fingerprint density at radius 1 is 0.697 bits per heavy atom. The molecule has 0 aliphatic carbocycles. The van der Waals surface area contributed by atoms with E-state index in [0.717, 1.165) is 29.7 Å². The molecule has 1 saturated heterocycles. The predicted octanol–water partition coefficient (Wildman–Crippen LogP) is 6.13. The first-order chi connectivity index (χ1) is 15.6. The molecule has 1 aliphatic rings. The van der Waals surface area contributed by atoms with Gasteiger partial charge in [0.05, 0.1) is 30.0 Å². The van der Waals surface area contributed by atoms with Crippen LogP contribution in [0.15, 0.2) is 72.8 Å². The van der Waals surface area contributed by atoms with E-state index >= 15 is 0 Å². The van der Waals surface area contributed by atoms with Crippen LogP contribution in [-0.4, -0.2) is 17.9 Å². The van der Waals surface area contributed by atoms with Crippen LogP contribution in [0.2, 0.25) is 19.6 Å². The molecule has 3 aromatic rings. The van der Waals surface area contributed by atoms with Gasteiger partial charge >= 0.3 is 0 Å². The van der Waals surface area contributed by atoms with E-state index in [-0.39, 0.29) is 33.3 Å². The lowest BCUT2D eigenvalue weighted by Gasteiger charge is -2.33. The number of hydrogen-bond donors (Lipinski definition) is 0. The van der Waals surface area contributed by atoms with Crippen LogP contribution < -0.4 is 10.1 Å². The highest BCUT2D eigenvalue weighted by atomic mass is 28.3. The minimum Gasteiger partial charge on any atom is -0.357 e. The number of rotatable bonds is 6. The van der Waals surface area contributed by atoms with E-state index in [2.05, 4.69) is 48.8 Å². The minimum atomic E-state index is -1.44. The summed E-state index contributed by atoms with van der Waals surface area (Å²) in [7, 11) is -1.44. The summed E-state index contributed by atoms with van der Waals surface area (Å²) in [6.07, 6.45) is 1.77. The van der Waals surface area contributed by atoms with Gasteiger partial charge in [0.15, 0.2) is 0 Å². The van der Waals surface area contributed by atoms with Gasteiger partial charge in [-0.1, -0.05) is 61.2 Å². The SMILES string of the molecule is C[Si](C)(C)c1ccc(N2[C@H](c3ccc([N+](=O)[O-])cc3)CC[C@H]2c2ccc([N+](=O)[O-])cc2)cc1. The predicted molar refractivity (Wildman–Crippen MR) is 133 cm³/mol. The lowest BCUT2D eigenvalue weighted by Crippen LogP contribution is -2.37. The zero-order valence-corrected chi connectivity index (χ0v) is 20.0. The molecule has 0 saturated carbocycles. The highest BCUT2D eigenvalue weighted by molar-refractivity contribution is 6.88. The van der Waals surface area contributed by atoms with Gasteiger partial charge in [0.25, 0.3) is 11.4 Å². The van der Waals surface area contributed by atoms with Gasteiger partial charge in [0, 0.05) is 30.0 Å². The van der Waals surface area contributed by atoms with Crippen molar-refractivity contribution >= 4 is 30.3 Å². The molecule has 1 heterocycles. The second-order valence-corrected chi connectivity index (χ2v) is 14.6. The average Bonchev–Trinajstić information content (AvgIpc) is 3.24. The van der Waals surface area contributed by atoms with Crippen LogP contribution in [-0.2, 0) is 0 Å². The normalized spacial score (nSPS) is 18.3. The van der Waals surface area contributed by atoms with Crippen LogP contribution in [0.1, 0.15) is 36.1 Å². The molecule has 0 spiro atoms. The molecular formula is C25H27N3O4Si. The number of nitrogens with zero attached hydrogens (tertiary/aromatic N) is 3. The second kappa shape index (κ2) is 8.78. The van der Waals surface area contributed by atoms with Gasteiger partial charge < -0.3 is 4.90 Å². The minimum absolute atomic E-state index is 0.0590. The Balaban J connectivity index is 1.73. The van der Waals surface area contributed by atoms with E-state index in [4.69, 9.17) is 0 Å². The van der Waals surface area contributed by atoms with Crippen molar-refractivity contribution in [3.63, 3.8) is 0 Å². The molecule has 170 valence electrons. The van der Waals surface area contributed by atoms with Gasteiger partial charge in [0.1, 0.15) is 0 Å². The first kappa shape index (κ1) is 22.7. The molecule has 8 heteroatoms. The number of nitro benzene ring substituents is 2. The van der Waals surface area contributed by atoms with E-state index in [1.165, 1.54) is 5.19 Å². The molecule has 33 heavy (non-hydrogen) atoms. The molecule has 0 aromatic heterocycles. The van der Waals surface area contributed by atoms with Crippen LogP contribution >= 0.6 is 0 Å². The number of non-ortho nitro benzene ring substituents is 2. The maximum Gasteiger partial charge on any atom is 0.269 e. The lowest BCUT2D eigenvalue weighted by molar-refractivity contribution is -0.385. The van der Waals surface area contributed by atoms with E-state index in [1.807, 2.05) is 24.3 Å². The average molecular weight is 462 g/mol. The Morgan fingerprint density at radius 3 is 1.42 bits per heavy atom. The summed E-state index contributed by atoms with van der Waals surface area (Å²) < 4.78 is 0. The first-order valence-electron chi connectivity index (χ1n) is 11.0. The van der Waals surface area contributed by atoms with Crippen LogP contribution in [0.5, 0.6) is 0 Å². The van der Waals surface area contributed by atoms with Crippen molar-refractivity contribution in [2.75, 3.05) is 4.90 Å². The van der Waals surface area contributed by atoms with Crippen LogP contribution in [0.4, 0.5) is 17.1 Å². The summed E-state index contributed by atoms with van der Waals surface area (Å²) in [5.74, 6) is 0. The van der Waals surface area contributed by atoms with Gasteiger partial charge in [-0.2, -0.15) is 0 Å². The van der Waals surface area contributed by atoms with Crippen LogP contribution in [0.3, 0.4) is 0 Å². The van der Waals surface area contributed by atoms with E-state index in [1.54, 1.807) is 24.3 Å². The largest absolute Gasteiger partial charge is 0.357 e. The van der Waals surface area contributed by atoms with Crippen molar-refractivity contribution in [2.45, 2.75) is 44.6 Å².